The van der Waals surface area contributed by atoms with Crippen LogP contribution in [-0.4, -0.2) is 11.0 Å². The van der Waals surface area contributed by atoms with Gasteiger partial charge in [0.25, 0.3) is 0 Å². The van der Waals surface area contributed by atoms with Crippen LogP contribution in [0.3, 0.4) is 0 Å². The van der Waals surface area contributed by atoms with Crippen LogP contribution >= 0.6 is 15.9 Å². The summed E-state index contributed by atoms with van der Waals surface area (Å²) < 4.78 is 0.583. The Balaban J connectivity index is 3.23. The zero-order valence-electron chi connectivity index (χ0n) is 7.46. The summed E-state index contributed by atoms with van der Waals surface area (Å²) >= 11 is 3.21. The average Bonchev–Trinajstić information content (AvgIpc) is 2.10. The van der Waals surface area contributed by atoms with E-state index in [-0.39, 0.29) is 11.3 Å². The van der Waals surface area contributed by atoms with E-state index in [9.17, 15) is 9.90 Å². The smallest absolute Gasteiger partial charge is 0.249 e. The summed E-state index contributed by atoms with van der Waals surface area (Å²) in [6, 6.07) is 3.02. The monoisotopic (exact) mass is 255 g/mol. The molecule has 4 heteroatoms. The molecule has 0 atom stereocenters. The van der Waals surface area contributed by atoms with Crippen LogP contribution in [0.4, 0.5) is 0 Å². The van der Waals surface area contributed by atoms with E-state index in [2.05, 4.69) is 22.5 Å². The molecule has 0 aliphatic heterocycles. The number of aromatic hydroxyl groups is 1. The van der Waals surface area contributed by atoms with Crippen molar-refractivity contribution in [3.05, 3.63) is 40.4 Å². The summed E-state index contributed by atoms with van der Waals surface area (Å²) in [5.74, 6) is -0.515. The van der Waals surface area contributed by atoms with E-state index in [1.165, 1.54) is 6.07 Å². The van der Waals surface area contributed by atoms with Crippen molar-refractivity contribution in [2.24, 2.45) is 5.73 Å². The third-order valence-electron chi connectivity index (χ3n) is 1.80. The molecule has 3 nitrogen and oxygen atoms in total. The first-order valence-corrected chi connectivity index (χ1v) is 4.77. The Kier molecular flexibility index (Phi) is 3.30. The van der Waals surface area contributed by atoms with Crippen LogP contribution in [0.15, 0.2) is 29.3 Å². The highest BCUT2D eigenvalue weighted by molar-refractivity contribution is 9.10. The van der Waals surface area contributed by atoms with Crippen molar-refractivity contribution in [2.45, 2.75) is 6.42 Å². The van der Waals surface area contributed by atoms with Gasteiger partial charge in [-0.3, -0.25) is 4.79 Å². The van der Waals surface area contributed by atoms with Gasteiger partial charge in [0.15, 0.2) is 0 Å². The SMILES string of the molecule is C=CCc1cc(Br)c(C(N)=O)cc1O. The fourth-order valence-corrected chi connectivity index (χ4v) is 1.70. The molecule has 0 aliphatic carbocycles. The lowest BCUT2D eigenvalue weighted by molar-refractivity contribution is 0.0999. The number of hydrogen-bond acceptors (Lipinski definition) is 2. The predicted molar refractivity (Wildman–Crippen MR) is 58.2 cm³/mol. The lowest BCUT2D eigenvalue weighted by atomic mass is 10.1. The first-order chi connectivity index (χ1) is 6.56. The molecular weight excluding hydrogens is 246 g/mol. The number of allylic oxidation sites excluding steroid dienone is 1. The van der Waals surface area contributed by atoms with Gasteiger partial charge in [-0.1, -0.05) is 6.08 Å². The van der Waals surface area contributed by atoms with Gasteiger partial charge in [0.1, 0.15) is 5.75 Å². The predicted octanol–water partition coefficient (Wildman–Crippen LogP) is 1.98. The van der Waals surface area contributed by atoms with E-state index in [1.807, 2.05) is 0 Å². The second-order valence-electron chi connectivity index (χ2n) is 2.82. The first kappa shape index (κ1) is 10.8. The number of carbonyl (C=O) groups excluding carboxylic acids is 1. The lowest BCUT2D eigenvalue weighted by Crippen LogP contribution is -2.11. The molecule has 0 bridgehead atoms. The van der Waals surface area contributed by atoms with Gasteiger partial charge < -0.3 is 10.8 Å². The summed E-state index contributed by atoms with van der Waals surface area (Å²) in [6.07, 6.45) is 2.22. The number of rotatable bonds is 3. The molecule has 0 saturated heterocycles. The minimum atomic E-state index is -0.572. The number of carbonyl (C=O) groups is 1. The summed E-state index contributed by atoms with van der Waals surface area (Å²) in [4.78, 5) is 10.9. The Labute approximate surface area is 90.4 Å². The molecule has 0 radical (unpaired) electrons. The van der Waals surface area contributed by atoms with Gasteiger partial charge in [-0.25, -0.2) is 0 Å². The second-order valence-corrected chi connectivity index (χ2v) is 3.67. The summed E-state index contributed by atoms with van der Waals surface area (Å²) in [5.41, 5.74) is 6.09. The standard InChI is InChI=1S/C10H10BrNO2/c1-2-3-6-4-8(11)7(10(12)14)5-9(6)13/h2,4-5,13H,1,3H2,(H2,12,14). The number of nitrogens with two attached hydrogens (primary N) is 1. The maximum atomic E-state index is 10.9. The topological polar surface area (TPSA) is 63.3 Å². The van der Waals surface area contributed by atoms with E-state index in [0.717, 1.165) is 0 Å². The van der Waals surface area contributed by atoms with E-state index in [0.29, 0.717) is 16.5 Å². The zero-order valence-corrected chi connectivity index (χ0v) is 9.04. The van der Waals surface area contributed by atoms with Gasteiger partial charge >= 0.3 is 0 Å². The van der Waals surface area contributed by atoms with Crippen LogP contribution in [0.2, 0.25) is 0 Å². The lowest BCUT2D eigenvalue weighted by Gasteiger charge is -2.05. The molecule has 3 N–H and O–H groups in total. The number of amides is 1. The highest BCUT2D eigenvalue weighted by atomic mass is 79.9. The molecule has 0 saturated carbocycles. The molecule has 0 unspecified atom stereocenters. The average molecular weight is 256 g/mol. The molecule has 74 valence electrons. The Morgan fingerprint density at radius 2 is 2.29 bits per heavy atom. The number of halogens is 1. The molecule has 0 aromatic heterocycles. The highest BCUT2D eigenvalue weighted by Gasteiger charge is 2.10. The van der Waals surface area contributed by atoms with Gasteiger partial charge in [0.2, 0.25) is 5.91 Å². The molecule has 1 rings (SSSR count). The van der Waals surface area contributed by atoms with Crippen LogP contribution in [0.5, 0.6) is 5.75 Å². The van der Waals surface area contributed by atoms with Crippen LogP contribution < -0.4 is 5.73 Å². The van der Waals surface area contributed by atoms with Crippen LogP contribution in [0, 0.1) is 0 Å². The minimum absolute atomic E-state index is 0.0573. The second kappa shape index (κ2) is 4.28. The van der Waals surface area contributed by atoms with Crippen molar-refractivity contribution in [1.82, 2.24) is 0 Å². The van der Waals surface area contributed by atoms with E-state index in [4.69, 9.17) is 5.73 Å². The van der Waals surface area contributed by atoms with E-state index < -0.39 is 5.91 Å². The molecule has 0 fully saturated rings. The quantitative estimate of drug-likeness (QED) is 0.812. The number of phenols is 1. The maximum Gasteiger partial charge on any atom is 0.249 e. The van der Waals surface area contributed by atoms with Crippen molar-refractivity contribution in [3.63, 3.8) is 0 Å². The normalized spacial score (nSPS) is 9.79. The van der Waals surface area contributed by atoms with Crippen molar-refractivity contribution in [2.75, 3.05) is 0 Å². The Morgan fingerprint density at radius 3 is 2.79 bits per heavy atom. The van der Waals surface area contributed by atoms with Gasteiger partial charge in [0, 0.05) is 4.47 Å². The highest BCUT2D eigenvalue weighted by Crippen LogP contribution is 2.26. The van der Waals surface area contributed by atoms with Crippen molar-refractivity contribution in [3.8, 4) is 5.75 Å². The summed E-state index contributed by atoms with van der Waals surface area (Å²) in [5, 5.41) is 9.52. The van der Waals surface area contributed by atoms with Crippen LogP contribution in [0.1, 0.15) is 15.9 Å². The number of phenolic OH excluding ortho intramolecular Hbond substituents is 1. The van der Waals surface area contributed by atoms with Crippen LogP contribution in [-0.2, 0) is 6.42 Å². The summed E-state index contributed by atoms with van der Waals surface area (Å²) in [7, 11) is 0. The number of primary amides is 1. The maximum absolute atomic E-state index is 10.9. The van der Waals surface area contributed by atoms with Crippen molar-refractivity contribution < 1.29 is 9.90 Å². The molecular formula is C10H10BrNO2. The zero-order chi connectivity index (χ0) is 10.7. The molecule has 0 aliphatic rings. The van der Waals surface area contributed by atoms with Crippen molar-refractivity contribution >= 4 is 21.8 Å². The molecule has 0 spiro atoms. The Morgan fingerprint density at radius 1 is 1.64 bits per heavy atom. The molecule has 14 heavy (non-hydrogen) atoms. The van der Waals surface area contributed by atoms with Gasteiger partial charge in [-0.05, 0) is 40.0 Å². The number of hydrogen-bond donors (Lipinski definition) is 2. The van der Waals surface area contributed by atoms with E-state index >= 15 is 0 Å². The Bertz CT molecular complexity index is 388. The van der Waals surface area contributed by atoms with Gasteiger partial charge in [-0.2, -0.15) is 0 Å². The fourth-order valence-electron chi connectivity index (χ4n) is 1.11. The number of benzene rings is 1. The molecule has 0 heterocycles. The van der Waals surface area contributed by atoms with Gasteiger partial charge in [-0.15, -0.1) is 6.58 Å². The first-order valence-electron chi connectivity index (χ1n) is 3.98. The van der Waals surface area contributed by atoms with Gasteiger partial charge in [0.05, 0.1) is 5.56 Å². The third kappa shape index (κ3) is 2.14. The summed E-state index contributed by atoms with van der Waals surface area (Å²) in [6.45, 7) is 3.57. The third-order valence-corrected chi connectivity index (χ3v) is 2.45. The molecule has 1 amide bonds. The largest absolute Gasteiger partial charge is 0.508 e. The molecule has 1 aromatic rings. The fraction of sp³-hybridized carbons (Fsp3) is 0.100. The van der Waals surface area contributed by atoms with Crippen LogP contribution in [0.25, 0.3) is 0 Å². The Hall–Kier alpha value is -1.29. The minimum Gasteiger partial charge on any atom is -0.508 e. The van der Waals surface area contributed by atoms with Crippen molar-refractivity contribution in [1.29, 1.82) is 0 Å². The van der Waals surface area contributed by atoms with E-state index in [1.54, 1.807) is 12.1 Å². The molecule has 1 aromatic carbocycles.